The van der Waals surface area contributed by atoms with Gasteiger partial charge in [-0.25, -0.2) is 27.7 Å². The number of nitrogens with one attached hydrogen (secondary N) is 2. The number of imidazole rings is 1. The van der Waals surface area contributed by atoms with Crippen LogP contribution in [0.5, 0.6) is 0 Å². The van der Waals surface area contributed by atoms with Crippen molar-refractivity contribution in [3.63, 3.8) is 0 Å². The van der Waals surface area contributed by atoms with Gasteiger partial charge in [-0.3, -0.25) is 14.3 Å². The number of benzene rings is 1. The molecule has 2 heterocycles. The molecule has 0 fully saturated rings. The molecule has 0 saturated heterocycles. The monoisotopic (exact) mass is 477 g/mol. The van der Waals surface area contributed by atoms with Crippen molar-refractivity contribution in [2.24, 2.45) is 7.05 Å². The molecule has 11 nitrogen and oxygen atoms in total. The van der Waals surface area contributed by atoms with Crippen LogP contribution in [0.4, 0.5) is 0 Å². The van der Waals surface area contributed by atoms with E-state index in [1.165, 1.54) is 27.3 Å². The Balaban J connectivity index is 1.92. The number of carbonyl (C=O) groups excluding carboxylic acids is 1. The van der Waals surface area contributed by atoms with E-state index in [-0.39, 0.29) is 40.6 Å². The average Bonchev–Trinajstić information content (AvgIpc) is 3.08. The number of unbranched alkanes of at least 4 members (excludes halogenated alkanes) is 1. The number of nitrogens with zero attached hydrogens (tertiary/aromatic N) is 3. The molecule has 0 spiro atoms. The van der Waals surface area contributed by atoms with Gasteiger partial charge in [0, 0.05) is 20.1 Å². The van der Waals surface area contributed by atoms with Crippen molar-refractivity contribution in [2.75, 3.05) is 6.54 Å². The summed E-state index contributed by atoms with van der Waals surface area (Å²) in [4.78, 5) is 44.0. The molecule has 0 unspecified atom stereocenters. The van der Waals surface area contributed by atoms with Crippen LogP contribution in [0.1, 0.15) is 48.4 Å². The zero-order chi connectivity index (χ0) is 24.3. The van der Waals surface area contributed by atoms with Crippen molar-refractivity contribution in [3.8, 4) is 0 Å². The lowest BCUT2D eigenvalue weighted by Gasteiger charge is -2.10. The number of fused-ring (bicyclic) bond motifs is 1. The van der Waals surface area contributed by atoms with Gasteiger partial charge in [0.15, 0.2) is 11.2 Å². The van der Waals surface area contributed by atoms with E-state index in [1.807, 2.05) is 6.92 Å². The van der Waals surface area contributed by atoms with E-state index in [0.717, 1.165) is 12.8 Å². The number of aromatic nitrogens is 4. The highest BCUT2D eigenvalue weighted by atomic mass is 32.2. The van der Waals surface area contributed by atoms with Crippen molar-refractivity contribution < 1.29 is 17.9 Å². The lowest BCUT2D eigenvalue weighted by molar-refractivity contribution is 0.0458. The molecule has 12 heteroatoms. The lowest BCUT2D eigenvalue weighted by atomic mass is 10.1. The molecule has 0 aliphatic heterocycles. The lowest BCUT2D eigenvalue weighted by Crippen LogP contribution is -2.31. The summed E-state index contributed by atoms with van der Waals surface area (Å²) in [6, 6.07) is 4.21. The van der Waals surface area contributed by atoms with Gasteiger partial charge in [0.2, 0.25) is 10.0 Å². The van der Waals surface area contributed by atoms with Gasteiger partial charge in [0.05, 0.1) is 10.5 Å². The number of sulfonamides is 1. The SMILES string of the molecule is CCCCn1c(=O)[nH]c(=O)c2c1nc(COC(=O)c1cc(S(=O)(=O)NCC)ccc1C)n2C. The molecule has 178 valence electrons. The van der Waals surface area contributed by atoms with Crippen LogP contribution in [0.25, 0.3) is 11.2 Å². The van der Waals surface area contributed by atoms with Crippen LogP contribution in [-0.4, -0.2) is 40.0 Å². The highest BCUT2D eigenvalue weighted by molar-refractivity contribution is 7.89. The summed E-state index contributed by atoms with van der Waals surface area (Å²) in [7, 11) is -2.15. The van der Waals surface area contributed by atoms with Crippen molar-refractivity contribution in [1.29, 1.82) is 0 Å². The van der Waals surface area contributed by atoms with Crippen LogP contribution < -0.4 is 16.0 Å². The van der Waals surface area contributed by atoms with E-state index in [1.54, 1.807) is 20.9 Å². The number of aryl methyl sites for hydroxylation is 3. The zero-order valence-corrected chi connectivity index (χ0v) is 19.8. The van der Waals surface area contributed by atoms with E-state index in [0.29, 0.717) is 12.1 Å². The minimum atomic E-state index is -3.74. The van der Waals surface area contributed by atoms with Crippen molar-refractivity contribution in [3.05, 3.63) is 56.0 Å². The van der Waals surface area contributed by atoms with Gasteiger partial charge in [-0.2, -0.15) is 0 Å². The van der Waals surface area contributed by atoms with E-state index in [2.05, 4.69) is 14.7 Å². The fraction of sp³-hybridized carbons (Fsp3) is 0.429. The van der Waals surface area contributed by atoms with E-state index >= 15 is 0 Å². The molecule has 3 aromatic rings. The number of hydrogen-bond donors (Lipinski definition) is 2. The Labute approximate surface area is 190 Å². The van der Waals surface area contributed by atoms with Crippen LogP contribution in [-0.2, 0) is 35.0 Å². The molecule has 1 aromatic carbocycles. The first-order valence-corrected chi connectivity index (χ1v) is 12.0. The quantitative estimate of drug-likeness (QED) is 0.440. The Morgan fingerprint density at radius 2 is 1.97 bits per heavy atom. The van der Waals surface area contributed by atoms with Crippen LogP contribution in [0, 0.1) is 6.92 Å². The number of aromatic amines is 1. The van der Waals surface area contributed by atoms with Gasteiger partial charge in [0.25, 0.3) is 5.56 Å². The molecule has 2 N–H and O–H groups in total. The standard InChI is InChI=1S/C21H27N5O6S/c1-5-7-10-26-18-17(19(27)24-21(26)29)25(4)16(23-18)12-32-20(28)15-11-14(9-8-13(15)3)33(30,31)22-6-2/h8-9,11,22H,5-7,10,12H2,1-4H3,(H,24,27,29). The fourth-order valence-corrected chi connectivity index (χ4v) is 4.48. The number of esters is 1. The molecule has 33 heavy (non-hydrogen) atoms. The molecule has 0 radical (unpaired) electrons. The second kappa shape index (κ2) is 9.71. The molecule has 3 rings (SSSR count). The Morgan fingerprint density at radius 1 is 1.24 bits per heavy atom. The zero-order valence-electron chi connectivity index (χ0n) is 19.0. The van der Waals surface area contributed by atoms with Crippen molar-refractivity contribution >= 4 is 27.2 Å². The maximum atomic E-state index is 12.7. The van der Waals surface area contributed by atoms with Gasteiger partial charge in [-0.1, -0.05) is 26.3 Å². The number of carbonyl (C=O) groups is 1. The predicted molar refractivity (Wildman–Crippen MR) is 122 cm³/mol. The smallest absolute Gasteiger partial charge is 0.338 e. The summed E-state index contributed by atoms with van der Waals surface area (Å²) in [6.07, 6.45) is 1.58. The minimum Gasteiger partial charge on any atom is -0.454 e. The molecule has 0 aliphatic rings. The first kappa shape index (κ1) is 24.4. The maximum absolute atomic E-state index is 12.7. The molecule has 0 atom stereocenters. The van der Waals surface area contributed by atoms with Crippen molar-refractivity contribution in [2.45, 2.75) is 51.7 Å². The van der Waals surface area contributed by atoms with E-state index in [4.69, 9.17) is 4.74 Å². The average molecular weight is 478 g/mol. The largest absolute Gasteiger partial charge is 0.454 e. The highest BCUT2D eigenvalue weighted by Crippen LogP contribution is 2.18. The summed E-state index contributed by atoms with van der Waals surface area (Å²) < 4.78 is 35.2. The topological polar surface area (TPSA) is 145 Å². The third-order valence-corrected chi connectivity index (χ3v) is 6.79. The van der Waals surface area contributed by atoms with E-state index in [9.17, 15) is 22.8 Å². The third-order valence-electron chi connectivity index (χ3n) is 5.25. The second-order valence-electron chi connectivity index (χ2n) is 7.58. The molecule has 0 aliphatic carbocycles. The third kappa shape index (κ3) is 4.91. The Kier molecular flexibility index (Phi) is 7.18. The Bertz CT molecular complexity index is 1420. The molecular weight excluding hydrogens is 450 g/mol. The van der Waals surface area contributed by atoms with Crippen LogP contribution in [0.2, 0.25) is 0 Å². The molecule has 0 saturated carbocycles. The van der Waals surface area contributed by atoms with Gasteiger partial charge < -0.3 is 9.30 Å². The number of ether oxygens (including phenoxy) is 1. The normalized spacial score (nSPS) is 11.8. The summed E-state index contributed by atoms with van der Waals surface area (Å²) >= 11 is 0. The molecule has 0 amide bonds. The predicted octanol–water partition coefficient (Wildman–Crippen LogP) is 1.19. The highest BCUT2D eigenvalue weighted by Gasteiger charge is 2.20. The van der Waals surface area contributed by atoms with Gasteiger partial charge >= 0.3 is 11.7 Å². The van der Waals surface area contributed by atoms with Crippen molar-refractivity contribution in [1.82, 2.24) is 23.8 Å². The molecule has 0 bridgehead atoms. The van der Waals surface area contributed by atoms with Gasteiger partial charge in [0.1, 0.15) is 12.4 Å². The summed E-state index contributed by atoms with van der Waals surface area (Å²) in [5.74, 6) is -0.459. The molecular formula is C21H27N5O6S. The van der Waals surface area contributed by atoms with Crippen LogP contribution >= 0.6 is 0 Å². The van der Waals surface area contributed by atoms with Crippen LogP contribution in [0.15, 0.2) is 32.7 Å². The van der Waals surface area contributed by atoms with E-state index < -0.39 is 27.2 Å². The molecule has 2 aromatic heterocycles. The number of H-pyrrole nitrogens is 1. The first-order valence-electron chi connectivity index (χ1n) is 10.6. The fourth-order valence-electron chi connectivity index (χ4n) is 3.41. The summed E-state index contributed by atoms with van der Waals surface area (Å²) in [6.45, 7) is 5.65. The first-order chi connectivity index (χ1) is 15.6. The maximum Gasteiger partial charge on any atom is 0.338 e. The number of hydrogen-bond acceptors (Lipinski definition) is 7. The number of rotatable bonds is 9. The minimum absolute atomic E-state index is 0.0453. The van der Waals surface area contributed by atoms with Gasteiger partial charge in [-0.15, -0.1) is 0 Å². The van der Waals surface area contributed by atoms with Gasteiger partial charge in [-0.05, 0) is 31.0 Å². The Morgan fingerprint density at radius 3 is 2.64 bits per heavy atom. The van der Waals surface area contributed by atoms with Crippen LogP contribution in [0.3, 0.4) is 0 Å². The summed E-state index contributed by atoms with van der Waals surface area (Å²) in [5, 5.41) is 0. The summed E-state index contributed by atoms with van der Waals surface area (Å²) in [5.41, 5.74) is -0.0486. The Hall–Kier alpha value is -3.25. The second-order valence-corrected chi connectivity index (χ2v) is 9.34.